The SMILES string of the molecule is CSC1(CNC(C)CC2CCCCN2C(=O)OC(C)(C)C)CC1. The van der Waals surface area contributed by atoms with Gasteiger partial charge >= 0.3 is 6.09 Å². The molecule has 0 bridgehead atoms. The third-order valence-corrected chi connectivity index (χ3v) is 6.31. The van der Waals surface area contributed by atoms with Gasteiger partial charge in [0.25, 0.3) is 0 Å². The van der Waals surface area contributed by atoms with Gasteiger partial charge in [0.2, 0.25) is 0 Å². The highest BCUT2D eigenvalue weighted by atomic mass is 32.2. The van der Waals surface area contributed by atoms with Crippen LogP contribution in [0.25, 0.3) is 0 Å². The zero-order valence-corrected chi connectivity index (χ0v) is 16.3. The summed E-state index contributed by atoms with van der Waals surface area (Å²) in [5.41, 5.74) is -0.417. The number of piperidine rings is 1. The van der Waals surface area contributed by atoms with Crippen LogP contribution in [0.15, 0.2) is 0 Å². The Kier molecular flexibility index (Phi) is 6.28. The van der Waals surface area contributed by atoms with E-state index in [1.165, 1.54) is 19.3 Å². The van der Waals surface area contributed by atoms with Crippen molar-refractivity contribution in [1.82, 2.24) is 10.2 Å². The maximum absolute atomic E-state index is 12.5. The van der Waals surface area contributed by atoms with Gasteiger partial charge in [-0.2, -0.15) is 11.8 Å². The minimum absolute atomic E-state index is 0.142. The van der Waals surface area contributed by atoms with Crippen molar-refractivity contribution in [3.8, 4) is 0 Å². The normalized spacial score (nSPS) is 25.1. The van der Waals surface area contributed by atoms with Crippen molar-refractivity contribution in [2.75, 3.05) is 19.3 Å². The van der Waals surface area contributed by atoms with Crippen LogP contribution >= 0.6 is 11.8 Å². The van der Waals surface area contributed by atoms with Crippen molar-refractivity contribution in [3.63, 3.8) is 0 Å². The molecule has 0 aromatic heterocycles. The van der Waals surface area contributed by atoms with Gasteiger partial charge in [-0.3, -0.25) is 0 Å². The lowest BCUT2D eigenvalue weighted by Crippen LogP contribution is -2.48. The first-order valence-electron chi connectivity index (χ1n) is 9.03. The summed E-state index contributed by atoms with van der Waals surface area (Å²) in [4.78, 5) is 14.4. The van der Waals surface area contributed by atoms with Gasteiger partial charge in [-0.25, -0.2) is 4.79 Å². The van der Waals surface area contributed by atoms with Gasteiger partial charge in [0.05, 0.1) is 0 Å². The van der Waals surface area contributed by atoms with E-state index < -0.39 is 5.60 Å². The molecule has 2 atom stereocenters. The Bertz CT molecular complexity index is 404. The molecule has 1 saturated carbocycles. The number of nitrogens with one attached hydrogen (secondary N) is 1. The summed E-state index contributed by atoms with van der Waals surface area (Å²) < 4.78 is 6.09. The highest BCUT2D eigenvalue weighted by molar-refractivity contribution is 8.00. The summed E-state index contributed by atoms with van der Waals surface area (Å²) >= 11 is 1.99. The second kappa shape index (κ2) is 7.64. The van der Waals surface area contributed by atoms with Crippen molar-refractivity contribution in [2.45, 2.75) is 88.7 Å². The maximum Gasteiger partial charge on any atom is 0.410 e. The van der Waals surface area contributed by atoms with E-state index in [1.807, 2.05) is 37.4 Å². The third kappa shape index (κ3) is 5.86. The summed E-state index contributed by atoms with van der Waals surface area (Å²) in [6.45, 7) is 9.98. The Hall–Kier alpha value is -0.420. The molecule has 2 aliphatic rings. The monoisotopic (exact) mass is 342 g/mol. The number of carbonyl (C=O) groups excluding carboxylic acids is 1. The topological polar surface area (TPSA) is 41.6 Å². The minimum Gasteiger partial charge on any atom is -0.444 e. The van der Waals surface area contributed by atoms with Crippen molar-refractivity contribution < 1.29 is 9.53 Å². The largest absolute Gasteiger partial charge is 0.444 e. The number of rotatable bonds is 6. The zero-order chi connectivity index (χ0) is 17.1. The molecule has 0 aromatic rings. The Morgan fingerprint density at radius 1 is 1.39 bits per heavy atom. The highest BCUT2D eigenvalue weighted by Gasteiger charge is 2.41. The number of hydrogen-bond donors (Lipinski definition) is 1. The molecular weight excluding hydrogens is 308 g/mol. The van der Waals surface area contributed by atoms with Gasteiger partial charge in [0, 0.05) is 29.9 Å². The predicted molar refractivity (Wildman–Crippen MR) is 98.1 cm³/mol. The van der Waals surface area contributed by atoms with E-state index in [2.05, 4.69) is 18.5 Å². The summed E-state index contributed by atoms with van der Waals surface area (Å²) in [7, 11) is 0. The van der Waals surface area contributed by atoms with E-state index in [4.69, 9.17) is 4.74 Å². The molecule has 134 valence electrons. The fourth-order valence-corrected chi connectivity index (χ4v) is 3.99. The zero-order valence-electron chi connectivity index (χ0n) is 15.5. The Labute approximate surface area is 146 Å². The Morgan fingerprint density at radius 2 is 2.09 bits per heavy atom. The lowest BCUT2D eigenvalue weighted by molar-refractivity contribution is 0.00791. The van der Waals surface area contributed by atoms with E-state index in [-0.39, 0.29) is 6.09 Å². The molecule has 0 aromatic carbocycles. The van der Waals surface area contributed by atoms with Gasteiger partial charge in [0.1, 0.15) is 5.60 Å². The van der Waals surface area contributed by atoms with E-state index in [1.54, 1.807) is 0 Å². The molecular formula is C18H34N2O2S. The molecule has 2 rings (SSSR count). The summed E-state index contributed by atoms with van der Waals surface area (Å²) in [6, 6.07) is 0.748. The molecule has 1 aliphatic heterocycles. The average molecular weight is 343 g/mol. The van der Waals surface area contributed by atoms with E-state index in [0.717, 1.165) is 32.4 Å². The first-order valence-corrected chi connectivity index (χ1v) is 10.3. The quantitative estimate of drug-likeness (QED) is 0.791. The molecule has 5 heteroatoms. The van der Waals surface area contributed by atoms with E-state index in [0.29, 0.717) is 16.8 Å². The molecule has 4 nitrogen and oxygen atoms in total. The van der Waals surface area contributed by atoms with Crippen LogP contribution in [0, 0.1) is 0 Å². The molecule has 0 radical (unpaired) electrons. The van der Waals surface area contributed by atoms with Gasteiger partial charge in [-0.15, -0.1) is 0 Å². The Morgan fingerprint density at radius 3 is 2.65 bits per heavy atom. The van der Waals surface area contributed by atoms with Gasteiger partial charge < -0.3 is 15.0 Å². The highest BCUT2D eigenvalue weighted by Crippen LogP contribution is 2.46. The predicted octanol–water partition coefficient (Wildman–Crippen LogP) is 4.04. The van der Waals surface area contributed by atoms with Gasteiger partial charge in [0.15, 0.2) is 0 Å². The third-order valence-electron chi connectivity index (χ3n) is 4.89. The average Bonchev–Trinajstić information content (AvgIpc) is 3.24. The second-order valence-electron chi connectivity index (χ2n) is 8.23. The standard InChI is InChI=1S/C18H34N2O2S/c1-14(19-13-18(23-5)9-10-18)12-15-8-6-7-11-20(15)16(21)22-17(2,3)4/h14-15,19H,6-13H2,1-5H3. The van der Waals surface area contributed by atoms with Crippen molar-refractivity contribution in [1.29, 1.82) is 0 Å². The number of nitrogens with zero attached hydrogens (tertiary/aromatic N) is 1. The van der Waals surface area contributed by atoms with E-state index in [9.17, 15) is 4.79 Å². The first kappa shape index (κ1) is 18.9. The number of ether oxygens (including phenoxy) is 1. The molecule has 0 spiro atoms. The fourth-order valence-electron chi connectivity index (χ4n) is 3.25. The van der Waals surface area contributed by atoms with Crippen LogP contribution in [-0.2, 0) is 4.74 Å². The van der Waals surface area contributed by atoms with Crippen LogP contribution in [0.2, 0.25) is 0 Å². The van der Waals surface area contributed by atoms with E-state index >= 15 is 0 Å². The number of amides is 1. The molecule has 2 unspecified atom stereocenters. The molecule has 1 amide bonds. The fraction of sp³-hybridized carbons (Fsp3) is 0.944. The lowest BCUT2D eigenvalue weighted by atomic mass is 9.96. The number of thioether (sulfide) groups is 1. The van der Waals surface area contributed by atoms with Gasteiger partial charge in [-0.1, -0.05) is 0 Å². The Balaban J connectivity index is 1.84. The molecule has 1 aliphatic carbocycles. The molecule has 23 heavy (non-hydrogen) atoms. The van der Waals surface area contributed by atoms with Crippen molar-refractivity contribution >= 4 is 17.9 Å². The number of carbonyl (C=O) groups is 1. The van der Waals surface area contributed by atoms with Crippen LogP contribution in [0.3, 0.4) is 0 Å². The molecule has 2 fully saturated rings. The summed E-state index contributed by atoms with van der Waals surface area (Å²) in [5, 5.41) is 3.69. The summed E-state index contributed by atoms with van der Waals surface area (Å²) in [6.07, 6.45) is 9.16. The van der Waals surface area contributed by atoms with Crippen LogP contribution in [0.1, 0.15) is 66.2 Å². The number of hydrogen-bond acceptors (Lipinski definition) is 4. The van der Waals surface area contributed by atoms with Crippen LogP contribution < -0.4 is 5.32 Å². The van der Waals surface area contributed by atoms with Crippen molar-refractivity contribution in [3.05, 3.63) is 0 Å². The maximum atomic E-state index is 12.5. The van der Waals surface area contributed by atoms with Crippen LogP contribution in [0.5, 0.6) is 0 Å². The van der Waals surface area contributed by atoms with Crippen molar-refractivity contribution in [2.24, 2.45) is 0 Å². The molecule has 1 N–H and O–H groups in total. The minimum atomic E-state index is -0.417. The molecule has 1 saturated heterocycles. The first-order chi connectivity index (χ1) is 10.7. The van der Waals surface area contributed by atoms with Crippen LogP contribution in [-0.4, -0.2) is 52.8 Å². The smallest absolute Gasteiger partial charge is 0.410 e. The van der Waals surface area contributed by atoms with Crippen LogP contribution in [0.4, 0.5) is 4.79 Å². The summed E-state index contributed by atoms with van der Waals surface area (Å²) in [5.74, 6) is 0. The number of likely N-dealkylation sites (tertiary alicyclic amines) is 1. The lowest BCUT2D eigenvalue weighted by Gasteiger charge is -2.38. The second-order valence-corrected chi connectivity index (χ2v) is 9.50. The van der Waals surface area contributed by atoms with Gasteiger partial charge in [-0.05, 0) is 72.5 Å². The molecule has 1 heterocycles.